The fourth-order valence-electron chi connectivity index (χ4n) is 3.13. The number of methoxy groups -OCH3 is 1. The molecule has 0 unspecified atom stereocenters. The van der Waals surface area contributed by atoms with Crippen LogP contribution in [0.5, 0.6) is 0 Å². The molecule has 1 atom stereocenters. The number of H-pyrrole nitrogens is 1. The van der Waals surface area contributed by atoms with Crippen LogP contribution >= 0.6 is 0 Å². The van der Waals surface area contributed by atoms with Gasteiger partial charge in [0.15, 0.2) is 0 Å². The summed E-state index contributed by atoms with van der Waals surface area (Å²) in [7, 11) is 0.897. The summed E-state index contributed by atoms with van der Waals surface area (Å²) >= 11 is 0. The molecule has 1 heterocycles. The molecule has 2 aromatic carbocycles. The van der Waals surface area contributed by atoms with Crippen LogP contribution in [0, 0.1) is 24.0 Å². The molecule has 0 fully saturated rings. The Hall–Kier alpha value is -4.74. The number of nitrogens with one attached hydrogen (secondary N) is 2. The third kappa shape index (κ3) is 4.70. The predicted molar refractivity (Wildman–Crippen MR) is 118 cm³/mol. The molecule has 0 aliphatic rings. The number of amides is 1. The van der Waals surface area contributed by atoms with Crippen LogP contribution in [0.25, 0.3) is 11.0 Å². The molecule has 0 saturated carbocycles. The molecule has 3 rings (SSSR count). The Morgan fingerprint density at radius 3 is 2.38 bits per heavy atom. The van der Waals surface area contributed by atoms with Gasteiger partial charge in [-0.3, -0.25) is 29.3 Å². The van der Waals surface area contributed by atoms with E-state index in [2.05, 4.69) is 20.0 Å². The smallest absolute Gasteiger partial charge is 0.375 e. The highest BCUT2D eigenvalue weighted by Gasteiger charge is 2.40. The molecule has 2 N–H and O–H groups in total. The average Bonchev–Trinajstić information content (AvgIpc) is 2.80. The van der Waals surface area contributed by atoms with Crippen LogP contribution in [0.4, 0.5) is 11.4 Å². The van der Waals surface area contributed by atoms with Gasteiger partial charge in [-0.2, -0.15) is 0 Å². The number of anilines is 1. The number of fused-ring (bicyclic) bond motifs is 1. The first-order valence-corrected chi connectivity index (χ1v) is 9.76. The van der Waals surface area contributed by atoms with Gasteiger partial charge in [-0.05, 0) is 43.2 Å². The lowest BCUT2D eigenvalue weighted by molar-refractivity contribution is -0.384. The lowest BCUT2D eigenvalue weighted by Gasteiger charge is -2.13. The number of nitro benzene ring substituents is 1. The average molecular weight is 466 g/mol. The van der Waals surface area contributed by atoms with Crippen molar-refractivity contribution in [2.24, 2.45) is 0 Å². The van der Waals surface area contributed by atoms with Gasteiger partial charge in [-0.25, -0.2) is 9.78 Å². The van der Waals surface area contributed by atoms with E-state index < -0.39 is 45.5 Å². The molecule has 12 heteroatoms. The van der Waals surface area contributed by atoms with Crippen LogP contribution in [0.1, 0.15) is 22.7 Å². The standard InChI is InChI=1S/C22H18N4O8/c1-10-4-5-12(8-11(10)2)23-21(30)18(27)16(19(28)22(31)34-3)17-20(29)25-15-9-13(26(32)33)6-7-14(15)24-17/h4-9,16H,1-3H3,(H,23,30)(H,25,29)/t16-/m0/s1. The summed E-state index contributed by atoms with van der Waals surface area (Å²) in [5.41, 5.74) is -0.157. The van der Waals surface area contributed by atoms with Gasteiger partial charge in [-0.1, -0.05) is 6.07 Å². The maximum atomic E-state index is 13.0. The molecular formula is C22H18N4O8. The first-order chi connectivity index (χ1) is 16.0. The second-order valence-corrected chi connectivity index (χ2v) is 7.32. The van der Waals surface area contributed by atoms with Gasteiger partial charge >= 0.3 is 5.97 Å². The Bertz CT molecular complexity index is 1430. The molecule has 0 saturated heterocycles. The third-order valence-corrected chi connectivity index (χ3v) is 5.09. The molecule has 0 spiro atoms. The van der Waals surface area contributed by atoms with E-state index >= 15 is 0 Å². The van der Waals surface area contributed by atoms with Gasteiger partial charge in [-0.15, -0.1) is 0 Å². The van der Waals surface area contributed by atoms with Crippen molar-refractivity contribution in [2.45, 2.75) is 19.8 Å². The molecule has 34 heavy (non-hydrogen) atoms. The maximum absolute atomic E-state index is 13.0. The number of aromatic nitrogens is 2. The van der Waals surface area contributed by atoms with Crippen LogP contribution in [-0.4, -0.2) is 45.4 Å². The molecule has 0 aliphatic heterocycles. The summed E-state index contributed by atoms with van der Waals surface area (Å²) in [6.07, 6.45) is 0. The van der Waals surface area contributed by atoms with Gasteiger partial charge < -0.3 is 15.0 Å². The molecule has 0 radical (unpaired) electrons. The lowest BCUT2D eigenvalue weighted by Crippen LogP contribution is -2.39. The number of aryl methyl sites for hydroxylation is 2. The summed E-state index contributed by atoms with van der Waals surface area (Å²) in [5, 5.41) is 13.3. The van der Waals surface area contributed by atoms with E-state index in [1.165, 1.54) is 6.07 Å². The summed E-state index contributed by atoms with van der Waals surface area (Å²) in [4.78, 5) is 79.4. The third-order valence-electron chi connectivity index (χ3n) is 5.09. The highest BCUT2D eigenvalue weighted by molar-refractivity contribution is 6.52. The Morgan fingerprint density at radius 1 is 1.06 bits per heavy atom. The number of ketones is 2. The van der Waals surface area contributed by atoms with Gasteiger partial charge in [0.2, 0.25) is 5.78 Å². The number of rotatable bonds is 7. The maximum Gasteiger partial charge on any atom is 0.375 e. The molecule has 0 aliphatic carbocycles. The van der Waals surface area contributed by atoms with Crippen LogP contribution in [0.3, 0.4) is 0 Å². The van der Waals surface area contributed by atoms with Crippen molar-refractivity contribution < 1.29 is 28.8 Å². The molecule has 1 aromatic heterocycles. The molecule has 3 aromatic rings. The number of nitro groups is 1. The highest BCUT2D eigenvalue weighted by atomic mass is 16.6. The van der Waals surface area contributed by atoms with E-state index in [1.807, 2.05) is 6.92 Å². The van der Waals surface area contributed by atoms with Crippen molar-refractivity contribution in [2.75, 3.05) is 12.4 Å². The summed E-state index contributed by atoms with van der Waals surface area (Å²) in [6, 6.07) is 8.18. The monoisotopic (exact) mass is 466 g/mol. The molecular weight excluding hydrogens is 448 g/mol. The van der Waals surface area contributed by atoms with E-state index in [0.29, 0.717) is 0 Å². The van der Waals surface area contributed by atoms with E-state index in [9.17, 15) is 34.1 Å². The summed E-state index contributed by atoms with van der Waals surface area (Å²) < 4.78 is 4.37. The van der Waals surface area contributed by atoms with Crippen LogP contribution in [0.2, 0.25) is 0 Å². The fourth-order valence-corrected chi connectivity index (χ4v) is 3.13. The fraction of sp³-hybridized carbons (Fsp3) is 0.182. The second-order valence-electron chi connectivity index (χ2n) is 7.32. The number of aromatic amines is 1. The number of carbonyl (C=O) groups is 4. The summed E-state index contributed by atoms with van der Waals surface area (Å²) in [6.45, 7) is 3.64. The predicted octanol–water partition coefficient (Wildman–Crippen LogP) is 1.48. The number of nitrogens with zero attached hydrogens (tertiary/aromatic N) is 2. The number of benzene rings is 2. The van der Waals surface area contributed by atoms with Crippen LogP contribution in [-0.2, 0) is 23.9 Å². The van der Waals surface area contributed by atoms with Gasteiger partial charge in [0.25, 0.3) is 22.9 Å². The van der Waals surface area contributed by atoms with Crippen molar-refractivity contribution in [3.63, 3.8) is 0 Å². The van der Waals surface area contributed by atoms with Crippen molar-refractivity contribution in [1.82, 2.24) is 9.97 Å². The lowest BCUT2D eigenvalue weighted by atomic mass is 9.94. The normalized spacial score (nSPS) is 11.5. The highest BCUT2D eigenvalue weighted by Crippen LogP contribution is 2.21. The van der Waals surface area contributed by atoms with Gasteiger partial charge in [0, 0.05) is 17.8 Å². The minimum absolute atomic E-state index is 0.00904. The van der Waals surface area contributed by atoms with Crippen molar-refractivity contribution >= 4 is 45.9 Å². The Kier molecular flexibility index (Phi) is 6.61. The van der Waals surface area contributed by atoms with Gasteiger partial charge in [0.05, 0.1) is 23.1 Å². The number of carbonyl (C=O) groups excluding carboxylic acids is 4. The van der Waals surface area contributed by atoms with E-state index in [0.717, 1.165) is 30.4 Å². The Labute approximate surface area is 191 Å². The first kappa shape index (κ1) is 23.9. The zero-order chi connectivity index (χ0) is 25.2. The number of ether oxygens (including phenoxy) is 1. The first-order valence-electron chi connectivity index (χ1n) is 9.76. The number of non-ortho nitro benzene ring substituents is 1. The number of Topliss-reactive ketones (excluding diaryl/α,β-unsaturated/α-hetero) is 2. The zero-order valence-corrected chi connectivity index (χ0v) is 18.2. The van der Waals surface area contributed by atoms with Crippen molar-refractivity contribution in [3.05, 3.63) is 73.7 Å². The van der Waals surface area contributed by atoms with Crippen molar-refractivity contribution in [3.8, 4) is 0 Å². The van der Waals surface area contributed by atoms with Crippen LogP contribution < -0.4 is 10.9 Å². The topological polar surface area (TPSA) is 178 Å². The second kappa shape index (κ2) is 9.40. The minimum Gasteiger partial charge on any atom is -0.463 e. The number of esters is 1. The Morgan fingerprint density at radius 2 is 1.76 bits per heavy atom. The summed E-state index contributed by atoms with van der Waals surface area (Å²) in [5.74, 6) is -7.78. The quantitative estimate of drug-likeness (QED) is 0.171. The molecule has 1 amide bonds. The minimum atomic E-state index is -2.19. The van der Waals surface area contributed by atoms with E-state index in [1.54, 1.807) is 25.1 Å². The molecule has 12 nitrogen and oxygen atoms in total. The van der Waals surface area contributed by atoms with E-state index in [-0.39, 0.29) is 22.4 Å². The molecule has 0 bridgehead atoms. The SMILES string of the molecule is COC(=O)C(=O)[C@H](C(=O)C(=O)Nc1ccc(C)c(C)c1)c1nc2ccc([N+](=O)[O-])cc2[nH]c1=O. The zero-order valence-electron chi connectivity index (χ0n) is 18.2. The Balaban J connectivity index is 2.06. The molecule has 174 valence electrons. The van der Waals surface area contributed by atoms with Crippen molar-refractivity contribution in [1.29, 1.82) is 0 Å². The van der Waals surface area contributed by atoms with Gasteiger partial charge in [0.1, 0.15) is 11.6 Å². The van der Waals surface area contributed by atoms with Crippen LogP contribution in [0.15, 0.2) is 41.2 Å². The number of hydrogen-bond donors (Lipinski definition) is 2. The van der Waals surface area contributed by atoms with E-state index in [4.69, 9.17) is 0 Å². The largest absolute Gasteiger partial charge is 0.463 e. The number of hydrogen-bond acceptors (Lipinski definition) is 9.